The van der Waals surface area contributed by atoms with E-state index in [1.165, 1.54) is 22.0 Å². The molecule has 1 unspecified atom stereocenters. The van der Waals surface area contributed by atoms with Gasteiger partial charge in [-0.05, 0) is 52.8 Å². The molecule has 0 amide bonds. The highest BCUT2D eigenvalue weighted by molar-refractivity contribution is 14.1. The van der Waals surface area contributed by atoms with Gasteiger partial charge in [-0.15, -0.1) is 0 Å². The largest absolute Gasteiger partial charge is 0.324 e. The number of hydrogen-bond donors (Lipinski definition) is 1. The van der Waals surface area contributed by atoms with Gasteiger partial charge in [-0.3, -0.25) is 0 Å². The highest BCUT2D eigenvalue weighted by Crippen LogP contribution is 2.25. The standard InChI is InChI=1S/C11H15BrIN/c1-2-3-4-11(14)9-7-8(12)5-6-10(9)13/h5-7,11H,2-4,14H2,1H3. The van der Waals surface area contributed by atoms with Crippen LogP contribution in [0.2, 0.25) is 0 Å². The zero-order chi connectivity index (χ0) is 10.6. The zero-order valence-corrected chi connectivity index (χ0v) is 12.0. The average Bonchev–Trinajstić information content (AvgIpc) is 2.18. The van der Waals surface area contributed by atoms with Crippen molar-refractivity contribution in [1.29, 1.82) is 0 Å². The number of nitrogens with two attached hydrogens (primary N) is 1. The van der Waals surface area contributed by atoms with Crippen LogP contribution >= 0.6 is 38.5 Å². The summed E-state index contributed by atoms with van der Waals surface area (Å²) >= 11 is 5.82. The number of unbranched alkanes of at least 4 members (excludes halogenated alkanes) is 1. The van der Waals surface area contributed by atoms with Gasteiger partial charge in [0.15, 0.2) is 0 Å². The Labute approximate surface area is 108 Å². The summed E-state index contributed by atoms with van der Waals surface area (Å²) in [6.07, 6.45) is 3.48. The second kappa shape index (κ2) is 6.08. The number of hydrogen-bond acceptors (Lipinski definition) is 1. The molecule has 0 heterocycles. The molecule has 3 heteroatoms. The Morgan fingerprint density at radius 1 is 1.50 bits per heavy atom. The van der Waals surface area contributed by atoms with Crippen molar-refractivity contribution >= 4 is 38.5 Å². The molecule has 1 atom stereocenters. The second-order valence-corrected chi connectivity index (χ2v) is 5.49. The molecule has 0 spiro atoms. The van der Waals surface area contributed by atoms with Crippen LogP contribution < -0.4 is 5.73 Å². The Hall–Kier alpha value is 0.390. The van der Waals surface area contributed by atoms with Gasteiger partial charge in [0, 0.05) is 14.1 Å². The first-order valence-electron chi connectivity index (χ1n) is 4.85. The molecule has 1 aromatic rings. The van der Waals surface area contributed by atoms with Crippen LogP contribution in [0.15, 0.2) is 22.7 Å². The Morgan fingerprint density at radius 2 is 2.21 bits per heavy atom. The Kier molecular flexibility index (Phi) is 5.41. The summed E-state index contributed by atoms with van der Waals surface area (Å²) in [5, 5.41) is 0. The lowest BCUT2D eigenvalue weighted by Gasteiger charge is -2.13. The monoisotopic (exact) mass is 367 g/mol. The summed E-state index contributed by atoms with van der Waals surface area (Å²) in [5.74, 6) is 0. The molecule has 78 valence electrons. The molecule has 0 saturated heterocycles. The topological polar surface area (TPSA) is 26.0 Å². The van der Waals surface area contributed by atoms with Crippen molar-refractivity contribution in [3.8, 4) is 0 Å². The predicted molar refractivity (Wildman–Crippen MR) is 73.3 cm³/mol. The fourth-order valence-corrected chi connectivity index (χ4v) is 2.49. The zero-order valence-electron chi connectivity index (χ0n) is 8.26. The molecule has 0 saturated carbocycles. The van der Waals surface area contributed by atoms with Crippen molar-refractivity contribution in [2.24, 2.45) is 5.73 Å². The normalized spacial score (nSPS) is 12.9. The van der Waals surface area contributed by atoms with E-state index in [4.69, 9.17) is 5.73 Å². The van der Waals surface area contributed by atoms with Crippen LogP contribution in [0.3, 0.4) is 0 Å². The lowest BCUT2D eigenvalue weighted by Crippen LogP contribution is -2.11. The quantitative estimate of drug-likeness (QED) is 0.791. The molecule has 1 rings (SSSR count). The van der Waals surface area contributed by atoms with E-state index in [1.54, 1.807) is 0 Å². The smallest absolute Gasteiger partial charge is 0.0305 e. The van der Waals surface area contributed by atoms with Gasteiger partial charge in [0.1, 0.15) is 0 Å². The van der Waals surface area contributed by atoms with E-state index < -0.39 is 0 Å². The van der Waals surface area contributed by atoms with Gasteiger partial charge in [0.05, 0.1) is 0 Å². The number of rotatable bonds is 4. The van der Waals surface area contributed by atoms with Crippen molar-refractivity contribution in [1.82, 2.24) is 0 Å². The predicted octanol–water partition coefficient (Wildman–Crippen LogP) is 4.24. The molecule has 0 aromatic heterocycles. The van der Waals surface area contributed by atoms with Crippen molar-refractivity contribution in [3.05, 3.63) is 31.8 Å². The molecule has 14 heavy (non-hydrogen) atoms. The fourth-order valence-electron chi connectivity index (χ4n) is 1.38. The Morgan fingerprint density at radius 3 is 2.86 bits per heavy atom. The summed E-state index contributed by atoms with van der Waals surface area (Å²) in [4.78, 5) is 0. The minimum Gasteiger partial charge on any atom is -0.324 e. The van der Waals surface area contributed by atoms with Crippen molar-refractivity contribution < 1.29 is 0 Å². The van der Waals surface area contributed by atoms with Gasteiger partial charge in [0.2, 0.25) is 0 Å². The van der Waals surface area contributed by atoms with Crippen LogP contribution in [0.1, 0.15) is 37.8 Å². The van der Waals surface area contributed by atoms with Crippen molar-refractivity contribution in [3.63, 3.8) is 0 Å². The van der Waals surface area contributed by atoms with E-state index in [0.29, 0.717) is 0 Å². The minimum atomic E-state index is 0.180. The van der Waals surface area contributed by atoms with E-state index in [2.05, 4.69) is 63.6 Å². The summed E-state index contributed by atoms with van der Waals surface area (Å²) in [5.41, 5.74) is 7.38. The molecule has 2 N–H and O–H groups in total. The van der Waals surface area contributed by atoms with Gasteiger partial charge in [-0.2, -0.15) is 0 Å². The molecular weight excluding hydrogens is 353 g/mol. The third-order valence-electron chi connectivity index (χ3n) is 2.23. The van der Waals surface area contributed by atoms with Crippen LogP contribution in [0.5, 0.6) is 0 Å². The molecular formula is C11H15BrIN. The average molecular weight is 368 g/mol. The number of benzene rings is 1. The fraction of sp³-hybridized carbons (Fsp3) is 0.455. The molecule has 0 bridgehead atoms. The minimum absolute atomic E-state index is 0.180. The maximum absolute atomic E-state index is 6.13. The van der Waals surface area contributed by atoms with Crippen molar-refractivity contribution in [2.75, 3.05) is 0 Å². The maximum atomic E-state index is 6.13. The molecule has 1 nitrogen and oxygen atoms in total. The first-order chi connectivity index (χ1) is 6.65. The maximum Gasteiger partial charge on any atom is 0.0305 e. The second-order valence-electron chi connectivity index (χ2n) is 3.41. The van der Waals surface area contributed by atoms with Gasteiger partial charge >= 0.3 is 0 Å². The van der Waals surface area contributed by atoms with Gasteiger partial charge in [-0.25, -0.2) is 0 Å². The van der Waals surface area contributed by atoms with E-state index >= 15 is 0 Å². The van der Waals surface area contributed by atoms with Crippen LogP contribution in [-0.4, -0.2) is 0 Å². The highest BCUT2D eigenvalue weighted by atomic mass is 127. The van der Waals surface area contributed by atoms with Crippen LogP contribution in [0.4, 0.5) is 0 Å². The lowest BCUT2D eigenvalue weighted by molar-refractivity contribution is 0.601. The van der Waals surface area contributed by atoms with Crippen LogP contribution in [0.25, 0.3) is 0 Å². The van der Waals surface area contributed by atoms with Crippen molar-refractivity contribution in [2.45, 2.75) is 32.2 Å². The third-order valence-corrected chi connectivity index (χ3v) is 3.70. The summed E-state index contributed by atoms with van der Waals surface area (Å²) in [7, 11) is 0. The third kappa shape index (κ3) is 3.51. The summed E-state index contributed by atoms with van der Waals surface area (Å²) in [6.45, 7) is 2.19. The first-order valence-corrected chi connectivity index (χ1v) is 6.73. The van der Waals surface area contributed by atoms with E-state index in [-0.39, 0.29) is 6.04 Å². The Bertz CT molecular complexity index is 301. The molecule has 0 aliphatic rings. The summed E-state index contributed by atoms with van der Waals surface area (Å²) < 4.78 is 2.37. The van der Waals surface area contributed by atoms with Crippen LogP contribution in [-0.2, 0) is 0 Å². The SMILES string of the molecule is CCCCC(N)c1cc(Br)ccc1I. The van der Waals surface area contributed by atoms with Gasteiger partial charge in [0.25, 0.3) is 0 Å². The van der Waals surface area contributed by atoms with Crippen LogP contribution in [0, 0.1) is 3.57 Å². The van der Waals surface area contributed by atoms with E-state index in [9.17, 15) is 0 Å². The number of halogens is 2. The molecule has 1 aromatic carbocycles. The van der Waals surface area contributed by atoms with E-state index in [1.807, 2.05) is 0 Å². The first kappa shape index (κ1) is 12.5. The molecule has 0 aliphatic carbocycles. The highest BCUT2D eigenvalue weighted by Gasteiger charge is 2.09. The molecule has 0 fully saturated rings. The van der Waals surface area contributed by atoms with E-state index in [0.717, 1.165) is 10.9 Å². The Balaban J connectivity index is 2.77. The van der Waals surface area contributed by atoms with Gasteiger partial charge < -0.3 is 5.73 Å². The lowest BCUT2D eigenvalue weighted by atomic mass is 10.0. The van der Waals surface area contributed by atoms with Gasteiger partial charge in [-0.1, -0.05) is 35.7 Å². The molecule has 0 aliphatic heterocycles. The molecule has 0 radical (unpaired) electrons. The summed E-state index contributed by atoms with van der Waals surface area (Å²) in [6, 6.07) is 6.46.